The zero-order chi connectivity index (χ0) is 15.5. The molecular formula is C21H16S2. The standard InChI is InChI=1S/C21H16S2/c1-3-7-18-13-20(11-9-16(18)5-1)22-15-23-21-12-10-17-6-2-4-8-19(17)14-21/h1-14H,15H2. The lowest BCUT2D eigenvalue weighted by atomic mass is 10.1. The van der Waals surface area contributed by atoms with Crippen LogP contribution in [-0.2, 0) is 0 Å². The van der Waals surface area contributed by atoms with Crippen molar-refractivity contribution in [3.63, 3.8) is 0 Å². The highest BCUT2D eigenvalue weighted by Gasteiger charge is 2.00. The maximum absolute atomic E-state index is 2.28. The third-order valence-electron chi connectivity index (χ3n) is 3.89. The molecule has 4 aromatic carbocycles. The molecule has 0 saturated carbocycles. The zero-order valence-electron chi connectivity index (χ0n) is 12.6. The molecule has 0 atom stereocenters. The Hall–Kier alpha value is -1.90. The summed E-state index contributed by atoms with van der Waals surface area (Å²) in [5.74, 6) is 0. The van der Waals surface area contributed by atoms with Gasteiger partial charge in [-0.25, -0.2) is 0 Å². The van der Waals surface area contributed by atoms with Crippen LogP contribution < -0.4 is 0 Å². The molecule has 0 N–H and O–H groups in total. The Bertz CT molecular complexity index is 880. The van der Waals surface area contributed by atoms with E-state index in [0.717, 1.165) is 5.08 Å². The fourth-order valence-electron chi connectivity index (χ4n) is 2.68. The zero-order valence-corrected chi connectivity index (χ0v) is 14.2. The minimum atomic E-state index is 1.02. The summed E-state index contributed by atoms with van der Waals surface area (Å²) in [6, 6.07) is 30.4. The molecule has 0 aromatic heterocycles. The van der Waals surface area contributed by atoms with Crippen LogP contribution >= 0.6 is 23.5 Å². The minimum absolute atomic E-state index is 1.02. The third kappa shape index (κ3) is 3.39. The van der Waals surface area contributed by atoms with Crippen molar-refractivity contribution < 1.29 is 0 Å². The third-order valence-corrected chi connectivity index (χ3v) is 6.01. The molecule has 0 fully saturated rings. The smallest absolute Gasteiger partial charge is 0.0486 e. The van der Waals surface area contributed by atoms with Gasteiger partial charge in [0.2, 0.25) is 0 Å². The van der Waals surface area contributed by atoms with Crippen LogP contribution in [0.1, 0.15) is 0 Å². The summed E-state index contributed by atoms with van der Waals surface area (Å²) in [6.45, 7) is 0. The molecule has 0 saturated heterocycles. The Labute approximate surface area is 144 Å². The fraction of sp³-hybridized carbons (Fsp3) is 0.0476. The molecule has 0 unspecified atom stereocenters. The van der Waals surface area contributed by atoms with Crippen molar-refractivity contribution in [1.82, 2.24) is 0 Å². The van der Waals surface area contributed by atoms with E-state index >= 15 is 0 Å². The maximum Gasteiger partial charge on any atom is 0.0486 e. The van der Waals surface area contributed by atoms with Gasteiger partial charge in [0.15, 0.2) is 0 Å². The lowest BCUT2D eigenvalue weighted by molar-refractivity contribution is 1.50. The molecule has 0 spiro atoms. The van der Waals surface area contributed by atoms with E-state index in [4.69, 9.17) is 0 Å². The molecule has 0 aliphatic heterocycles. The summed E-state index contributed by atoms with van der Waals surface area (Å²) >= 11 is 3.80. The molecule has 4 aromatic rings. The van der Waals surface area contributed by atoms with E-state index in [0.29, 0.717) is 0 Å². The molecular weight excluding hydrogens is 316 g/mol. The number of fused-ring (bicyclic) bond motifs is 2. The maximum atomic E-state index is 2.28. The second-order valence-corrected chi connectivity index (χ2v) is 7.89. The van der Waals surface area contributed by atoms with Crippen molar-refractivity contribution >= 4 is 45.1 Å². The average Bonchev–Trinajstić information content (AvgIpc) is 2.61. The summed E-state index contributed by atoms with van der Waals surface area (Å²) in [4.78, 5) is 2.66. The summed E-state index contributed by atoms with van der Waals surface area (Å²) in [7, 11) is 0. The first kappa shape index (κ1) is 14.7. The number of rotatable bonds is 4. The van der Waals surface area contributed by atoms with Crippen molar-refractivity contribution in [3.05, 3.63) is 84.9 Å². The Morgan fingerprint density at radius 3 is 1.39 bits per heavy atom. The first-order chi connectivity index (χ1) is 11.4. The van der Waals surface area contributed by atoms with Gasteiger partial charge in [0.05, 0.1) is 0 Å². The van der Waals surface area contributed by atoms with E-state index in [2.05, 4.69) is 84.9 Å². The number of thioether (sulfide) groups is 2. The van der Waals surface area contributed by atoms with Gasteiger partial charge in [0.25, 0.3) is 0 Å². The van der Waals surface area contributed by atoms with E-state index in [9.17, 15) is 0 Å². The van der Waals surface area contributed by atoms with Crippen LogP contribution in [0.5, 0.6) is 0 Å². The van der Waals surface area contributed by atoms with E-state index in [1.54, 1.807) is 0 Å². The molecule has 0 heterocycles. The predicted molar refractivity (Wildman–Crippen MR) is 104 cm³/mol. The summed E-state index contributed by atoms with van der Waals surface area (Å²) < 4.78 is 0. The summed E-state index contributed by atoms with van der Waals surface area (Å²) in [5.41, 5.74) is 0. The SMILES string of the molecule is c1ccc2cc(SCSc3ccc4ccccc4c3)ccc2c1. The highest BCUT2D eigenvalue weighted by molar-refractivity contribution is 8.16. The van der Waals surface area contributed by atoms with Crippen LogP contribution in [0.2, 0.25) is 0 Å². The van der Waals surface area contributed by atoms with Crippen LogP contribution in [0.25, 0.3) is 21.5 Å². The van der Waals surface area contributed by atoms with Crippen molar-refractivity contribution in [3.8, 4) is 0 Å². The summed E-state index contributed by atoms with van der Waals surface area (Å²) in [6.07, 6.45) is 0. The average molecular weight is 332 g/mol. The molecule has 2 heteroatoms. The van der Waals surface area contributed by atoms with Gasteiger partial charge in [0, 0.05) is 14.9 Å². The van der Waals surface area contributed by atoms with Crippen LogP contribution in [-0.4, -0.2) is 5.08 Å². The van der Waals surface area contributed by atoms with Gasteiger partial charge in [-0.2, -0.15) is 0 Å². The lowest BCUT2D eigenvalue weighted by Crippen LogP contribution is -1.78. The van der Waals surface area contributed by atoms with Crippen LogP contribution in [0.4, 0.5) is 0 Å². The molecule has 4 rings (SSSR count). The number of hydrogen-bond donors (Lipinski definition) is 0. The van der Waals surface area contributed by atoms with Crippen molar-refractivity contribution in [1.29, 1.82) is 0 Å². The largest absolute Gasteiger partial charge is 0.115 e. The van der Waals surface area contributed by atoms with Crippen molar-refractivity contribution in [2.24, 2.45) is 0 Å². The topological polar surface area (TPSA) is 0 Å². The number of hydrogen-bond acceptors (Lipinski definition) is 2. The second kappa shape index (κ2) is 6.69. The van der Waals surface area contributed by atoms with Gasteiger partial charge in [-0.3, -0.25) is 0 Å². The molecule has 0 nitrogen and oxygen atoms in total. The van der Waals surface area contributed by atoms with Gasteiger partial charge in [-0.15, -0.1) is 23.5 Å². The predicted octanol–water partition coefficient (Wildman–Crippen LogP) is 6.83. The van der Waals surface area contributed by atoms with E-state index in [1.165, 1.54) is 31.3 Å². The quantitative estimate of drug-likeness (QED) is 0.296. The van der Waals surface area contributed by atoms with Crippen molar-refractivity contribution in [2.75, 3.05) is 5.08 Å². The first-order valence-corrected chi connectivity index (χ1v) is 9.59. The van der Waals surface area contributed by atoms with Gasteiger partial charge in [0.1, 0.15) is 0 Å². The number of benzene rings is 4. The Morgan fingerprint density at radius 1 is 0.478 bits per heavy atom. The molecule has 0 aliphatic carbocycles. The monoisotopic (exact) mass is 332 g/mol. The molecule has 0 radical (unpaired) electrons. The Kier molecular flexibility index (Phi) is 4.27. The van der Waals surface area contributed by atoms with E-state index in [-0.39, 0.29) is 0 Å². The van der Waals surface area contributed by atoms with Crippen LogP contribution in [0, 0.1) is 0 Å². The van der Waals surface area contributed by atoms with E-state index in [1.807, 2.05) is 23.5 Å². The van der Waals surface area contributed by atoms with E-state index < -0.39 is 0 Å². The Morgan fingerprint density at radius 2 is 0.913 bits per heavy atom. The van der Waals surface area contributed by atoms with Crippen LogP contribution in [0.3, 0.4) is 0 Å². The lowest BCUT2D eigenvalue weighted by Gasteiger charge is -2.05. The highest BCUT2D eigenvalue weighted by atomic mass is 32.2. The molecule has 112 valence electrons. The molecule has 23 heavy (non-hydrogen) atoms. The Balaban J connectivity index is 1.45. The second-order valence-electron chi connectivity index (χ2n) is 5.42. The van der Waals surface area contributed by atoms with Gasteiger partial charge >= 0.3 is 0 Å². The van der Waals surface area contributed by atoms with Gasteiger partial charge in [-0.05, 0) is 45.8 Å². The summed E-state index contributed by atoms with van der Waals surface area (Å²) in [5, 5.41) is 6.26. The normalized spacial score (nSPS) is 11.1. The van der Waals surface area contributed by atoms with Crippen LogP contribution in [0.15, 0.2) is 94.7 Å². The van der Waals surface area contributed by atoms with Crippen molar-refractivity contribution in [2.45, 2.75) is 9.79 Å². The molecule has 0 aliphatic rings. The fourth-order valence-corrected chi connectivity index (χ4v) is 4.75. The van der Waals surface area contributed by atoms with Gasteiger partial charge in [-0.1, -0.05) is 60.7 Å². The minimum Gasteiger partial charge on any atom is -0.115 e. The molecule has 0 amide bonds. The highest BCUT2D eigenvalue weighted by Crippen LogP contribution is 2.31. The first-order valence-electron chi connectivity index (χ1n) is 7.62. The van der Waals surface area contributed by atoms with Gasteiger partial charge < -0.3 is 0 Å². The molecule has 0 bridgehead atoms.